The van der Waals surface area contributed by atoms with Crippen LogP contribution in [0.25, 0.3) is 0 Å². The van der Waals surface area contributed by atoms with Crippen LogP contribution < -0.4 is 0 Å². The number of esters is 1. The maximum atomic E-state index is 12.4. The van der Waals surface area contributed by atoms with Crippen molar-refractivity contribution in [3.63, 3.8) is 0 Å². The molecule has 84 valence electrons. The molecule has 0 aliphatic heterocycles. The largest absolute Gasteiger partial charge is 0.465 e. The number of ether oxygens (including phenoxy) is 1. The first-order valence-corrected chi connectivity index (χ1v) is 4.80. The molecule has 6 nitrogen and oxygen atoms in total. The number of carbonyl (C=O) groups is 1. The second-order valence-corrected chi connectivity index (χ2v) is 3.67. The quantitative estimate of drug-likeness (QED) is 0.374. The minimum atomic E-state index is -5.81. The van der Waals surface area contributed by atoms with Crippen LogP contribution >= 0.6 is 0 Å². The number of hydrogen-bond donors (Lipinski definition) is 2. The van der Waals surface area contributed by atoms with Gasteiger partial charge in [0.25, 0.3) is 0 Å². The average molecular weight is 234 g/mol. The van der Waals surface area contributed by atoms with Crippen LogP contribution in [0.15, 0.2) is 0 Å². The molecular formula is C5H8F2O6S. The lowest BCUT2D eigenvalue weighted by Crippen LogP contribution is -2.39. The summed E-state index contributed by atoms with van der Waals surface area (Å²) in [5.41, 5.74) is 0. The van der Waals surface area contributed by atoms with E-state index in [0.717, 1.165) is 0 Å². The molecule has 0 aliphatic rings. The fourth-order valence-corrected chi connectivity index (χ4v) is 0.688. The van der Waals surface area contributed by atoms with E-state index in [2.05, 4.69) is 4.74 Å². The Morgan fingerprint density at radius 2 is 1.93 bits per heavy atom. The van der Waals surface area contributed by atoms with E-state index in [4.69, 9.17) is 9.66 Å². The van der Waals surface area contributed by atoms with E-state index in [1.54, 1.807) is 0 Å². The normalized spacial score (nSPS) is 12.6. The SMILES string of the molecule is O=C(OCCCO)C(F)(F)S(=O)(=O)O. The highest BCUT2D eigenvalue weighted by Crippen LogP contribution is 2.21. The monoisotopic (exact) mass is 234 g/mol. The Morgan fingerprint density at radius 1 is 1.43 bits per heavy atom. The summed E-state index contributed by atoms with van der Waals surface area (Å²) >= 11 is 0. The molecule has 2 N–H and O–H groups in total. The minimum Gasteiger partial charge on any atom is -0.460 e. The molecule has 0 aromatic heterocycles. The summed E-state index contributed by atoms with van der Waals surface area (Å²) < 4.78 is 56.4. The molecule has 0 aromatic carbocycles. The molecule has 0 atom stereocenters. The number of rotatable bonds is 5. The molecule has 0 unspecified atom stereocenters. The Bertz CT molecular complexity index is 297. The Balaban J connectivity index is 4.39. The standard InChI is InChI=1S/C5H8F2O6S/c6-5(7,14(10,11)12)4(9)13-3-1-2-8/h8H,1-3H2,(H,10,11,12). The number of aliphatic hydroxyl groups excluding tert-OH is 1. The topological polar surface area (TPSA) is 101 Å². The zero-order chi connectivity index (χ0) is 11.4. The highest BCUT2D eigenvalue weighted by atomic mass is 32.2. The summed E-state index contributed by atoms with van der Waals surface area (Å²) in [6, 6.07) is 0. The summed E-state index contributed by atoms with van der Waals surface area (Å²) in [5.74, 6) is -2.37. The zero-order valence-corrected chi connectivity index (χ0v) is 7.63. The molecular weight excluding hydrogens is 226 g/mol. The predicted octanol–water partition coefficient (Wildman–Crippen LogP) is -0.607. The van der Waals surface area contributed by atoms with Crippen LogP contribution in [0.2, 0.25) is 0 Å². The van der Waals surface area contributed by atoms with Gasteiger partial charge in [0, 0.05) is 13.0 Å². The predicted molar refractivity (Wildman–Crippen MR) is 39.2 cm³/mol. The van der Waals surface area contributed by atoms with Crippen LogP contribution in [0.3, 0.4) is 0 Å². The van der Waals surface area contributed by atoms with E-state index in [9.17, 15) is 22.0 Å². The van der Waals surface area contributed by atoms with E-state index in [1.165, 1.54) is 0 Å². The molecule has 9 heteroatoms. The van der Waals surface area contributed by atoms with E-state index in [0.29, 0.717) is 0 Å². The Kier molecular flexibility index (Phi) is 4.36. The van der Waals surface area contributed by atoms with Gasteiger partial charge >= 0.3 is 21.3 Å². The van der Waals surface area contributed by atoms with Crippen LogP contribution in [0.5, 0.6) is 0 Å². The molecule has 0 saturated carbocycles. The van der Waals surface area contributed by atoms with Crippen LogP contribution in [-0.2, 0) is 19.6 Å². The van der Waals surface area contributed by atoms with Gasteiger partial charge in [-0.3, -0.25) is 4.55 Å². The summed E-state index contributed by atoms with van der Waals surface area (Å²) in [4.78, 5) is 10.4. The summed E-state index contributed by atoms with van der Waals surface area (Å²) in [6.45, 7) is -0.953. The molecule has 0 aromatic rings. The van der Waals surface area contributed by atoms with Crippen molar-refractivity contribution in [2.24, 2.45) is 0 Å². The zero-order valence-electron chi connectivity index (χ0n) is 6.81. The highest BCUT2D eigenvalue weighted by Gasteiger charge is 2.54. The smallest absolute Gasteiger partial charge is 0.460 e. The van der Waals surface area contributed by atoms with Gasteiger partial charge in [-0.1, -0.05) is 0 Å². The molecule has 0 aliphatic carbocycles. The third-order valence-electron chi connectivity index (χ3n) is 1.10. The molecule has 0 spiro atoms. The van der Waals surface area contributed by atoms with Gasteiger partial charge in [-0.15, -0.1) is 0 Å². The Labute approximate surface area is 78.2 Å². The highest BCUT2D eigenvalue weighted by molar-refractivity contribution is 7.87. The van der Waals surface area contributed by atoms with Crippen molar-refractivity contribution in [1.29, 1.82) is 0 Å². The van der Waals surface area contributed by atoms with Gasteiger partial charge in [0.05, 0.1) is 6.61 Å². The summed E-state index contributed by atoms with van der Waals surface area (Å²) in [6.07, 6.45) is -0.104. The van der Waals surface area contributed by atoms with Crippen molar-refractivity contribution in [1.82, 2.24) is 0 Å². The maximum Gasteiger partial charge on any atom is 0.465 e. The number of alkyl halides is 2. The third-order valence-corrected chi connectivity index (χ3v) is 1.91. The van der Waals surface area contributed by atoms with Crippen molar-refractivity contribution in [2.75, 3.05) is 13.2 Å². The second kappa shape index (κ2) is 4.62. The first-order chi connectivity index (χ1) is 6.23. The fraction of sp³-hybridized carbons (Fsp3) is 0.800. The third kappa shape index (κ3) is 3.16. The molecule has 0 fully saturated rings. The molecule has 14 heavy (non-hydrogen) atoms. The molecule has 0 heterocycles. The fourth-order valence-electron chi connectivity index (χ4n) is 0.419. The molecule has 0 amide bonds. The first kappa shape index (κ1) is 13.2. The maximum absolute atomic E-state index is 12.4. The van der Waals surface area contributed by atoms with Crippen molar-refractivity contribution in [2.45, 2.75) is 11.7 Å². The van der Waals surface area contributed by atoms with Gasteiger partial charge in [-0.25, -0.2) is 4.79 Å². The van der Waals surface area contributed by atoms with Crippen molar-refractivity contribution >= 4 is 16.1 Å². The Hall–Kier alpha value is -0.800. The number of aliphatic hydroxyl groups is 1. The summed E-state index contributed by atoms with van der Waals surface area (Å²) in [7, 11) is -5.81. The lowest BCUT2D eigenvalue weighted by Gasteiger charge is -2.11. The van der Waals surface area contributed by atoms with E-state index in [-0.39, 0.29) is 6.42 Å². The number of carbonyl (C=O) groups excluding carboxylic acids is 1. The minimum absolute atomic E-state index is 0.104. The van der Waals surface area contributed by atoms with Crippen molar-refractivity contribution in [3.8, 4) is 0 Å². The van der Waals surface area contributed by atoms with Gasteiger partial charge in [-0.2, -0.15) is 17.2 Å². The van der Waals surface area contributed by atoms with Crippen LogP contribution in [0.4, 0.5) is 8.78 Å². The van der Waals surface area contributed by atoms with Gasteiger partial charge in [0.1, 0.15) is 0 Å². The molecule has 0 rings (SSSR count). The van der Waals surface area contributed by atoms with E-state index in [1.807, 2.05) is 0 Å². The molecule has 0 bridgehead atoms. The van der Waals surface area contributed by atoms with Gasteiger partial charge in [0.15, 0.2) is 0 Å². The lowest BCUT2D eigenvalue weighted by molar-refractivity contribution is -0.161. The molecule has 0 saturated heterocycles. The number of halogens is 2. The summed E-state index contributed by atoms with van der Waals surface area (Å²) in [5, 5.41) is 3.23. The van der Waals surface area contributed by atoms with Crippen molar-refractivity contribution < 1.29 is 36.4 Å². The van der Waals surface area contributed by atoms with Gasteiger partial charge in [0.2, 0.25) is 0 Å². The van der Waals surface area contributed by atoms with Gasteiger partial charge < -0.3 is 9.84 Å². The van der Waals surface area contributed by atoms with Crippen LogP contribution in [-0.4, -0.2) is 42.5 Å². The first-order valence-electron chi connectivity index (χ1n) is 3.36. The van der Waals surface area contributed by atoms with Crippen LogP contribution in [0.1, 0.15) is 6.42 Å². The average Bonchev–Trinajstić information content (AvgIpc) is 2.02. The van der Waals surface area contributed by atoms with Crippen LogP contribution in [0, 0.1) is 0 Å². The van der Waals surface area contributed by atoms with E-state index < -0.39 is 34.6 Å². The molecule has 0 radical (unpaired) electrons. The second-order valence-electron chi connectivity index (χ2n) is 2.20. The van der Waals surface area contributed by atoms with Crippen molar-refractivity contribution in [3.05, 3.63) is 0 Å². The number of hydrogen-bond acceptors (Lipinski definition) is 5. The van der Waals surface area contributed by atoms with Gasteiger partial charge in [-0.05, 0) is 0 Å². The van der Waals surface area contributed by atoms with E-state index >= 15 is 0 Å². The Morgan fingerprint density at radius 3 is 2.29 bits per heavy atom. The lowest BCUT2D eigenvalue weighted by atomic mass is 10.5.